The first-order valence-electron chi connectivity index (χ1n) is 13.0. The molecule has 200 valence electrons. The van der Waals surface area contributed by atoms with Crippen molar-refractivity contribution in [1.29, 1.82) is 0 Å². The van der Waals surface area contributed by atoms with E-state index in [0.717, 1.165) is 33.8 Å². The Hall–Kier alpha value is -4.58. The number of carbonyl (C=O) groups excluding carboxylic acids is 2. The number of benzene rings is 4. The largest absolute Gasteiger partial charge is 0.497 e. The Morgan fingerprint density at radius 3 is 1.72 bits per heavy atom. The van der Waals surface area contributed by atoms with Gasteiger partial charge in [0.1, 0.15) is 17.5 Å². The van der Waals surface area contributed by atoms with Gasteiger partial charge in [-0.1, -0.05) is 84.9 Å². The van der Waals surface area contributed by atoms with E-state index in [1.54, 1.807) is 19.1 Å². The summed E-state index contributed by atoms with van der Waals surface area (Å²) in [5.41, 5.74) is 3.74. The molecule has 0 aliphatic rings. The molecular formula is C33H34N2O4. The van der Waals surface area contributed by atoms with E-state index in [0.29, 0.717) is 19.5 Å². The molecular weight excluding hydrogens is 488 g/mol. The number of amides is 2. The minimum Gasteiger partial charge on any atom is -0.497 e. The van der Waals surface area contributed by atoms with E-state index in [1.807, 2.05) is 109 Å². The Morgan fingerprint density at radius 1 is 0.667 bits per heavy atom. The minimum absolute atomic E-state index is 0.113. The molecule has 1 atom stereocenters. The monoisotopic (exact) mass is 522 g/mol. The van der Waals surface area contributed by atoms with Gasteiger partial charge in [-0.25, -0.2) is 0 Å². The number of hydrogen-bond acceptors (Lipinski definition) is 4. The van der Waals surface area contributed by atoms with Crippen LogP contribution in [-0.2, 0) is 35.5 Å². The zero-order valence-electron chi connectivity index (χ0n) is 22.4. The molecule has 2 amide bonds. The van der Waals surface area contributed by atoms with Gasteiger partial charge in [0, 0.05) is 19.5 Å². The summed E-state index contributed by atoms with van der Waals surface area (Å²) in [7, 11) is 3.24. The molecule has 0 saturated carbocycles. The Labute approximate surface area is 230 Å². The van der Waals surface area contributed by atoms with Crippen molar-refractivity contribution in [3.05, 3.63) is 131 Å². The van der Waals surface area contributed by atoms with Gasteiger partial charge in [-0.3, -0.25) is 9.59 Å². The summed E-state index contributed by atoms with van der Waals surface area (Å²) in [4.78, 5) is 29.3. The molecule has 4 rings (SSSR count). The Morgan fingerprint density at radius 2 is 1.18 bits per heavy atom. The highest BCUT2D eigenvalue weighted by molar-refractivity contribution is 5.88. The van der Waals surface area contributed by atoms with Crippen molar-refractivity contribution in [3.63, 3.8) is 0 Å². The highest BCUT2D eigenvalue weighted by atomic mass is 16.5. The quantitative estimate of drug-likeness (QED) is 0.278. The van der Waals surface area contributed by atoms with Gasteiger partial charge in [0.05, 0.1) is 20.6 Å². The maximum atomic E-state index is 13.8. The molecule has 0 saturated heterocycles. The summed E-state index contributed by atoms with van der Waals surface area (Å²) in [6.45, 7) is 0.639. The van der Waals surface area contributed by atoms with Gasteiger partial charge in [0.15, 0.2) is 0 Å². The van der Waals surface area contributed by atoms with Gasteiger partial charge in [-0.15, -0.1) is 0 Å². The number of nitrogens with zero attached hydrogens (tertiary/aromatic N) is 1. The van der Waals surface area contributed by atoms with Crippen LogP contribution in [0.5, 0.6) is 11.5 Å². The third-order valence-corrected chi connectivity index (χ3v) is 6.61. The summed E-state index contributed by atoms with van der Waals surface area (Å²) in [5.74, 6) is 1.17. The van der Waals surface area contributed by atoms with Crippen LogP contribution in [0.4, 0.5) is 0 Å². The van der Waals surface area contributed by atoms with E-state index in [9.17, 15) is 9.59 Å². The molecule has 0 spiro atoms. The number of nitrogens with one attached hydrogen (secondary N) is 1. The Bertz CT molecular complexity index is 1320. The maximum Gasteiger partial charge on any atom is 0.243 e. The van der Waals surface area contributed by atoms with E-state index in [2.05, 4.69) is 5.32 Å². The van der Waals surface area contributed by atoms with Crippen LogP contribution in [-0.4, -0.2) is 37.0 Å². The van der Waals surface area contributed by atoms with Gasteiger partial charge in [0.25, 0.3) is 0 Å². The summed E-state index contributed by atoms with van der Waals surface area (Å²) in [6.07, 6.45) is 0.597. The fraction of sp³-hybridized carbons (Fsp3) is 0.212. The van der Waals surface area contributed by atoms with Gasteiger partial charge in [0.2, 0.25) is 11.8 Å². The lowest BCUT2D eigenvalue weighted by atomic mass is 10.0. The zero-order chi connectivity index (χ0) is 27.5. The second kappa shape index (κ2) is 13.8. The molecule has 6 nitrogen and oxygen atoms in total. The highest BCUT2D eigenvalue weighted by Gasteiger charge is 2.30. The Balaban J connectivity index is 1.62. The molecule has 0 bridgehead atoms. The molecule has 0 aromatic heterocycles. The van der Waals surface area contributed by atoms with Gasteiger partial charge in [-0.2, -0.15) is 0 Å². The summed E-state index contributed by atoms with van der Waals surface area (Å²) < 4.78 is 10.5. The smallest absolute Gasteiger partial charge is 0.243 e. The van der Waals surface area contributed by atoms with Crippen LogP contribution in [0.2, 0.25) is 0 Å². The first kappa shape index (κ1) is 27.5. The average molecular weight is 523 g/mol. The summed E-state index contributed by atoms with van der Waals surface area (Å²) in [5, 5.41) is 3.07. The highest BCUT2D eigenvalue weighted by Crippen LogP contribution is 2.19. The molecule has 1 unspecified atom stereocenters. The van der Waals surface area contributed by atoms with Crippen LogP contribution in [0, 0.1) is 0 Å². The van der Waals surface area contributed by atoms with Crippen molar-refractivity contribution in [1.82, 2.24) is 10.2 Å². The van der Waals surface area contributed by atoms with E-state index in [1.165, 1.54) is 0 Å². The number of carbonyl (C=O) groups is 2. The normalized spacial score (nSPS) is 11.3. The second-order valence-corrected chi connectivity index (χ2v) is 9.30. The average Bonchev–Trinajstić information content (AvgIpc) is 2.99. The fourth-order valence-corrected chi connectivity index (χ4v) is 4.40. The van der Waals surface area contributed by atoms with Crippen LogP contribution >= 0.6 is 0 Å². The fourth-order valence-electron chi connectivity index (χ4n) is 4.40. The van der Waals surface area contributed by atoms with Crippen molar-refractivity contribution in [2.75, 3.05) is 14.2 Å². The second-order valence-electron chi connectivity index (χ2n) is 9.30. The Kier molecular flexibility index (Phi) is 9.73. The van der Waals surface area contributed by atoms with Crippen molar-refractivity contribution in [3.8, 4) is 11.5 Å². The molecule has 4 aromatic rings. The van der Waals surface area contributed by atoms with Gasteiger partial charge >= 0.3 is 0 Å². The van der Waals surface area contributed by atoms with Crippen LogP contribution in [0.15, 0.2) is 109 Å². The summed E-state index contributed by atoms with van der Waals surface area (Å²) >= 11 is 0. The van der Waals surface area contributed by atoms with Crippen LogP contribution in [0.1, 0.15) is 22.3 Å². The lowest BCUT2D eigenvalue weighted by molar-refractivity contribution is -0.140. The lowest BCUT2D eigenvalue weighted by Gasteiger charge is -2.32. The molecule has 0 aliphatic carbocycles. The van der Waals surface area contributed by atoms with Crippen molar-refractivity contribution < 1.29 is 19.1 Å². The first-order valence-corrected chi connectivity index (χ1v) is 13.0. The van der Waals surface area contributed by atoms with Gasteiger partial charge in [-0.05, 0) is 46.5 Å². The summed E-state index contributed by atoms with van der Waals surface area (Å²) in [6, 6.07) is 33.9. The standard InChI is InChI=1S/C33H34N2O4/c1-38-29-17-13-27(14-18-29)23-34-33(37)31(21-25-9-5-3-6-10-25)35(24-28-15-19-30(39-2)20-16-28)32(36)22-26-11-7-4-8-12-26/h3-20,31H,21-24H2,1-2H3,(H,34,37). The number of ether oxygens (including phenoxy) is 2. The van der Waals surface area contributed by atoms with E-state index in [-0.39, 0.29) is 18.2 Å². The minimum atomic E-state index is -0.705. The third-order valence-electron chi connectivity index (χ3n) is 6.61. The molecule has 4 aromatic carbocycles. The molecule has 0 heterocycles. The molecule has 1 N–H and O–H groups in total. The molecule has 6 heteroatoms. The van der Waals surface area contributed by atoms with Crippen molar-refractivity contribution >= 4 is 11.8 Å². The topological polar surface area (TPSA) is 67.9 Å². The molecule has 0 aliphatic heterocycles. The third kappa shape index (κ3) is 7.95. The predicted molar refractivity (Wildman–Crippen MR) is 152 cm³/mol. The van der Waals surface area contributed by atoms with E-state index < -0.39 is 6.04 Å². The predicted octanol–water partition coefficient (Wildman–Crippen LogP) is 5.20. The zero-order valence-corrected chi connectivity index (χ0v) is 22.4. The van der Waals surface area contributed by atoms with E-state index in [4.69, 9.17) is 9.47 Å². The SMILES string of the molecule is COc1ccc(CNC(=O)C(Cc2ccccc2)N(Cc2ccc(OC)cc2)C(=O)Cc2ccccc2)cc1. The van der Waals surface area contributed by atoms with Crippen LogP contribution in [0.25, 0.3) is 0 Å². The van der Waals surface area contributed by atoms with Crippen LogP contribution < -0.4 is 14.8 Å². The molecule has 0 fully saturated rings. The number of rotatable bonds is 12. The lowest BCUT2D eigenvalue weighted by Crippen LogP contribution is -2.50. The first-order chi connectivity index (χ1) is 19.1. The van der Waals surface area contributed by atoms with Crippen molar-refractivity contribution in [2.45, 2.75) is 32.0 Å². The maximum absolute atomic E-state index is 13.8. The van der Waals surface area contributed by atoms with Crippen LogP contribution in [0.3, 0.4) is 0 Å². The molecule has 39 heavy (non-hydrogen) atoms. The molecule has 0 radical (unpaired) electrons. The number of methoxy groups -OCH3 is 2. The van der Waals surface area contributed by atoms with E-state index >= 15 is 0 Å². The van der Waals surface area contributed by atoms with Gasteiger partial charge < -0.3 is 19.7 Å². The number of hydrogen-bond donors (Lipinski definition) is 1. The van der Waals surface area contributed by atoms with Crippen molar-refractivity contribution in [2.24, 2.45) is 0 Å².